The van der Waals surface area contributed by atoms with Gasteiger partial charge in [-0.1, -0.05) is 24.3 Å². The Morgan fingerprint density at radius 3 is 2.85 bits per heavy atom. The molecule has 1 fully saturated rings. The molecule has 1 atom stereocenters. The Kier molecular flexibility index (Phi) is 5.78. The highest BCUT2D eigenvalue weighted by atomic mass is 127. The molecule has 2 aromatic rings. The molecule has 0 saturated carbocycles. The van der Waals surface area contributed by atoms with Gasteiger partial charge < -0.3 is 20.1 Å². The number of aryl methyl sites for hydroxylation is 1. The van der Waals surface area contributed by atoms with Crippen LogP contribution in [0.5, 0.6) is 0 Å². The quantitative estimate of drug-likeness (QED) is 0.576. The van der Waals surface area contributed by atoms with E-state index in [9.17, 15) is 5.11 Å². The molecule has 1 aromatic carbocycles. The minimum absolute atomic E-state index is 0. The molecule has 140 valence electrons. The predicted molar refractivity (Wildman–Crippen MR) is 108 cm³/mol. The van der Waals surface area contributed by atoms with Gasteiger partial charge in [0, 0.05) is 18.7 Å². The lowest BCUT2D eigenvalue weighted by Crippen LogP contribution is -2.61. The van der Waals surface area contributed by atoms with Crippen LogP contribution in [0.2, 0.25) is 0 Å². The van der Waals surface area contributed by atoms with Crippen molar-refractivity contribution in [3.05, 3.63) is 35.7 Å². The number of aliphatic hydroxyl groups is 1. The number of benzene rings is 1. The van der Waals surface area contributed by atoms with Gasteiger partial charge in [-0.15, -0.1) is 24.0 Å². The summed E-state index contributed by atoms with van der Waals surface area (Å²) in [5.41, 5.74) is 1.74. The normalized spacial score (nSPS) is 21.8. The lowest BCUT2D eigenvalue weighted by Gasteiger charge is -2.41. The minimum atomic E-state index is -0.395. The maximum absolute atomic E-state index is 9.76. The van der Waals surface area contributed by atoms with Crippen LogP contribution in [0.1, 0.15) is 11.4 Å². The molecule has 3 N–H and O–H groups in total. The average Bonchev–Trinajstić information content (AvgIpc) is 3.25. The fourth-order valence-corrected chi connectivity index (χ4v) is 3.26. The zero-order valence-electron chi connectivity index (χ0n) is 14.6. The summed E-state index contributed by atoms with van der Waals surface area (Å²) < 4.78 is 5.53. The van der Waals surface area contributed by atoms with E-state index in [4.69, 9.17) is 4.74 Å². The number of aromatic amines is 1. The molecule has 1 aromatic heterocycles. The van der Waals surface area contributed by atoms with Crippen molar-refractivity contribution in [1.29, 1.82) is 0 Å². The van der Waals surface area contributed by atoms with E-state index in [1.165, 1.54) is 0 Å². The van der Waals surface area contributed by atoms with Crippen LogP contribution in [0.3, 0.4) is 0 Å². The zero-order chi connectivity index (χ0) is 17.3. The van der Waals surface area contributed by atoms with Crippen molar-refractivity contribution >= 4 is 29.9 Å². The number of aliphatic hydroxyl groups excluding tert-OH is 1. The van der Waals surface area contributed by atoms with Crippen molar-refractivity contribution < 1.29 is 9.84 Å². The summed E-state index contributed by atoms with van der Waals surface area (Å²) in [7, 11) is 0. The van der Waals surface area contributed by atoms with Gasteiger partial charge >= 0.3 is 0 Å². The minimum Gasteiger partial charge on any atom is -0.394 e. The Morgan fingerprint density at radius 2 is 2.15 bits per heavy atom. The van der Waals surface area contributed by atoms with Crippen molar-refractivity contribution in [3.63, 3.8) is 0 Å². The predicted octanol–water partition coefficient (Wildman–Crippen LogP) is 0.921. The molecule has 2 aliphatic rings. The van der Waals surface area contributed by atoms with Crippen LogP contribution in [0.4, 0.5) is 0 Å². The number of rotatable bonds is 4. The van der Waals surface area contributed by atoms with Crippen LogP contribution in [0.25, 0.3) is 11.4 Å². The molecular formula is C17H23IN6O2. The highest BCUT2D eigenvalue weighted by Gasteiger charge is 2.44. The number of hydrogen-bond donors (Lipinski definition) is 3. The lowest BCUT2D eigenvalue weighted by molar-refractivity contribution is -0.0467. The Hall–Kier alpha value is -1.72. The number of guanidine groups is 1. The molecule has 26 heavy (non-hydrogen) atoms. The Labute approximate surface area is 169 Å². The molecule has 0 bridgehead atoms. The largest absolute Gasteiger partial charge is 0.394 e. The summed E-state index contributed by atoms with van der Waals surface area (Å²) in [5.74, 6) is 2.35. The van der Waals surface area contributed by atoms with Crippen molar-refractivity contribution in [3.8, 4) is 11.4 Å². The second kappa shape index (κ2) is 7.89. The molecule has 4 rings (SSSR count). The number of hydrogen-bond acceptors (Lipinski definition) is 7. The van der Waals surface area contributed by atoms with Gasteiger partial charge in [-0.3, -0.25) is 10.1 Å². The zero-order valence-corrected chi connectivity index (χ0v) is 16.9. The summed E-state index contributed by atoms with van der Waals surface area (Å²) in [6, 6.07) is 8.15. The summed E-state index contributed by atoms with van der Waals surface area (Å²) in [5, 5.41) is 20.2. The summed E-state index contributed by atoms with van der Waals surface area (Å²) in [6.07, 6.45) is 0. The fraction of sp³-hybridized carbons (Fsp3) is 0.471. The topological polar surface area (TPSA) is 98.7 Å². The second-order valence-electron chi connectivity index (χ2n) is 6.52. The SMILES string of the molecule is Cc1nc(-c2ccc(CNC3=NCC4(CO)COCCN34)cc2)n[nH]1.I. The number of halogens is 1. The smallest absolute Gasteiger partial charge is 0.195 e. The Bertz CT molecular complexity index is 778. The van der Waals surface area contributed by atoms with Gasteiger partial charge in [0.1, 0.15) is 11.4 Å². The van der Waals surface area contributed by atoms with Gasteiger partial charge in [0.2, 0.25) is 0 Å². The first-order valence-electron chi connectivity index (χ1n) is 8.43. The van der Waals surface area contributed by atoms with E-state index in [2.05, 4.69) is 42.5 Å². The summed E-state index contributed by atoms with van der Waals surface area (Å²) in [6.45, 7) is 5.09. The highest BCUT2D eigenvalue weighted by molar-refractivity contribution is 14.0. The highest BCUT2D eigenvalue weighted by Crippen LogP contribution is 2.25. The average molecular weight is 470 g/mol. The molecule has 2 aliphatic heterocycles. The third-order valence-corrected chi connectivity index (χ3v) is 4.74. The monoisotopic (exact) mass is 470 g/mol. The standard InChI is InChI=1S/C17H22N6O2.HI/c1-12-20-15(22-21-12)14-4-2-13(3-5-14)8-18-16-19-9-17(10-24)11-25-7-6-23(16)17;/h2-5,24H,6-11H2,1H3,(H,18,19)(H,20,21,22);1H. The number of nitrogens with one attached hydrogen (secondary N) is 2. The molecule has 1 saturated heterocycles. The third kappa shape index (κ3) is 3.55. The molecule has 0 radical (unpaired) electrons. The maximum atomic E-state index is 9.76. The van der Waals surface area contributed by atoms with E-state index in [1.54, 1.807) is 0 Å². The van der Waals surface area contributed by atoms with Crippen LogP contribution in [-0.4, -0.2) is 69.6 Å². The second-order valence-corrected chi connectivity index (χ2v) is 6.52. The van der Waals surface area contributed by atoms with E-state index >= 15 is 0 Å². The number of aliphatic imine (C=N–C) groups is 1. The van der Waals surface area contributed by atoms with Gasteiger partial charge in [0.15, 0.2) is 11.8 Å². The lowest BCUT2D eigenvalue weighted by atomic mass is 10.00. The van der Waals surface area contributed by atoms with Crippen molar-refractivity contribution in [2.75, 3.05) is 32.9 Å². The number of morpholine rings is 1. The molecular weight excluding hydrogens is 447 g/mol. The van der Waals surface area contributed by atoms with Crippen molar-refractivity contribution in [1.82, 2.24) is 25.4 Å². The number of fused-ring (bicyclic) bond motifs is 1. The number of aromatic nitrogens is 3. The van der Waals surface area contributed by atoms with Crippen LogP contribution in [-0.2, 0) is 11.3 Å². The first kappa shape index (κ1) is 19.1. The van der Waals surface area contributed by atoms with E-state index in [1.807, 2.05) is 19.1 Å². The summed E-state index contributed by atoms with van der Waals surface area (Å²) >= 11 is 0. The van der Waals surface area contributed by atoms with Gasteiger partial charge in [-0.25, -0.2) is 4.98 Å². The van der Waals surface area contributed by atoms with Gasteiger partial charge in [0.25, 0.3) is 0 Å². The molecule has 0 spiro atoms. The fourth-order valence-electron chi connectivity index (χ4n) is 3.26. The van der Waals surface area contributed by atoms with Crippen LogP contribution >= 0.6 is 24.0 Å². The third-order valence-electron chi connectivity index (χ3n) is 4.74. The molecule has 9 heteroatoms. The van der Waals surface area contributed by atoms with E-state index in [0.29, 0.717) is 32.1 Å². The summed E-state index contributed by atoms with van der Waals surface area (Å²) in [4.78, 5) is 11.1. The molecule has 1 unspecified atom stereocenters. The first-order valence-corrected chi connectivity index (χ1v) is 8.43. The maximum Gasteiger partial charge on any atom is 0.195 e. The first-order chi connectivity index (χ1) is 12.2. The van der Waals surface area contributed by atoms with Gasteiger partial charge in [0.05, 0.1) is 26.4 Å². The molecule has 8 nitrogen and oxygen atoms in total. The number of H-pyrrole nitrogens is 1. The van der Waals surface area contributed by atoms with Gasteiger partial charge in [-0.05, 0) is 12.5 Å². The van der Waals surface area contributed by atoms with E-state index in [0.717, 1.165) is 29.5 Å². The molecule has 3 heterocycles. The Morgan fingerprint density at radius 1 is 1.35 bits per heavy atom. The van der Waals surface area contributed by atoms with Crippen LogP contribution in [0.15, 0.2) is 29.3 Å². The van der Waals surface area contributed by atoms with Crippen LogP contribution in [0, 0.1) is 6.92 Å². The van der Waals surface area contributed by atoms with Crippen LogP contribution < -0.4 is 5.32 Å². The molecule has 0 amide bonds. The van der Waals surface area contributed by atoms with Crippen molar-refractivity contribution in [2.24, 2.45) is 4.99 Å². The number of ether oxygens (including phenoxy) is 1. The van der Waals surface area contributed by atoms with E-state index in [-0.39, 0.29) is 30.6 Å². The van der Waals surface area contributed by atoms with E-state index < -0.39 is 5.54 Å². The van der Waals surface area contributed by atoms with Gasteiger partial charge in [-0.2, -0.15) is 5.10 Å². The van der Waals surface area contributed by atoms with Crippen molar-refractivity contribution in [2.45, 2.75) is 19.0 Å². The number of nitrogens with zero attached hydrogens (tertiary/aromatic N) is 4. The molecule has 0 aliphatic carbocycles. The Balaban J connectivity index is 0.00000196.